The van der Waals surface area contributed by atoms with Crippen LogP contribution in [-0.2, 0) is 16.6 Å². The lowest BCUT2D eigenvalue weighted by molar-refractivity contribution is -0.203. The Balaban J connectivity index is 1.41. The number of aliphatic hydroxyl groups is 1. The average molecular weight is 501 g/mol. The molecule has 1 saturated carbocycles. The summed E-state index contributed by atoms with van der Waals surface area (Å²) in [6, 6.07) is 4.83. The molecule has 0 unspecified atom stereocenters. The summed E-state index contributed by atoms with van der Waals surface area (Å²) in [7, 11) is 3.34. The number of rotatable bonds is 6. The fourth-order valence-electron chi connectivity index (χ4n) is 7.37. The molecular weight excluding hydrogens is 470 g/mol. The lowest BCUT2D eigenvalue weighted by atomic mass is 9.48. The highest BCUT2D eigenvalue weighted by Crippen LogP contribution is 2.65. The van der Waals surface area contributed by atoms with Crippen molar-refractivity contribution >= 4 is 12.0 Å². The first-order valence-electron chi connectivity index (χ1n) is 12.4. The van der Waals surface area contributed by atoms with Crippen molar-refractivity contribution < 1.29 is 32.6 Å². The zero-order valence-electron chi connectivity index (χ0n) is 20.3. The third-order valence-corrected chi connectivity index (χ3v) is 8.93. The van der Waals surface area contributed by atoms with Gasteiger partial charge in [0.05, 0.1) is 43.2 Å². The van der Waals surface area contributed by atoms with Crippen LogP contribution in [-0.4, -0.2) is 78.3 Å². The molecule has 36 heavy (non-hydrogen) atoms. The predicted molar refractivity (Wildman–Crippen MR) is 127 cm³/mol. The van der Waals surface area contributed by atoms with Gasteiger partial charge >= 0.3 is 0 Å². The number of piperidine rings is 1. The van der Waals surface area contributed by atoms with Gasteiger partial charge in [-0.25, -0.2) is 8.78 Å². The van der Waals surface area contributed by atoms with Gasteiger partial charge in [0.25, 0.3) is 6.43 Å². The number of ether oxygens (including phenoxy) is 2. The maximum Gasteiger partial charge on any atom is 0.251 e. The molecule has 4 aliphatic rings. The largest absolute Gasteiger partial charge is 0.493 e. The van der Waals surface area contributed by atoms with Crippen molar-refractivity contribution in [3.63, 3.8) is 0 Å². The number of likely N-dealkylation sites (N-methyl/N-ethyl adjacent to an activating group) is 1. The molecule has 2 aliphatic carbocycles. The summed E-state index contributed by atoms with van der Waals surface area (Å²) < 4.78 is 44.3. The molecule has 0 radical (unpaired) electrons. The van der Waals surface area contributed by atoms with Gasteiger partial charge in [0, 0.05) is 30.3 Å². The van der Waals surface area contributed by atoms with Crippen molar-refractivity contribution in [2.24, 2.45) is 0 Å². The summed E-state index contributed by atoms with van der Waals surface area (Å²) in [5, 5.41) is 12.4. The molecule has 192 valence electrons. The minimum absolute atomic E-state index is 0.183. The fourth-order valence-corrected chi connectivity index (χ4v) is 7.37. The predicted octanol–water partition coefficient (Wildman–Crippen LogP) is 3.25. The van der Waals surface area contributed by atoms with Crippen molar-refractivity contribution in [2.75, 3.05) is 27.2 Å². The highest BCUT2D eigenvalue weighted by atomic mass is 19.3. The standard InChI is InChI=1S/C27H30F2N2O5/c1-30(22(32)6-3-16-8-12-35-15-16)18-7-9-27(33)20-13-17-4-5-19(34-2)24-23(17)26(27,25(18)36-24)10-11-31(20)14-21(28)29/h3-6,8,12,15,18,20-21,25,33H,7,9-11,13-14H2,1-2H3/b6-3+/t18-,20-,25+,26+,27-/m1/s1. The first-order valence-corrected chi connectivity index (χ1v) is 12.4. The van der Waals surface area contributed by atoms with Crippen LogP contribution in [0.2, 0.25) is 0 Å². The lowest BCUT2D eigenvalue weighted by Gasteiger charge is -2.64. The highest BCUT2D eigenvalue weighted by molar-refractivity contribution is 5.92. The Bertz CT molecular complexity index is 1200. The molecular formula is C27H30F2N2O5. The van der Waals surface area contributed by atoms with Gasteiger partial charge < -0.3 is 23.9 Å². The Labute approximate surface area is 208 Å². The Morgan fingerprint density at radius 3 is 2.92 bits per heavy atom. The summed E-state index contributed by atoms with van der Waals surface area (Å²) in [5.74, 6) is 1.01. The van der Waals surface area contributed by atoms with E-state index in [1.165, 1.54) is 6.08 Å². The van der Waals surface area contributed by atoms with Crippen LogP contribution in [0.25, 0.3) is 6.08 Å². The minimum atomic E-state index is -2.48. The van der Waals surface area contributed by atoms with E-state index in [9.17, 15) is 18.7 Å². The number of methoxy groups -OCH3 is 1. The van der Waals surface area contributed by atoms with Crippen LogP contribution in [0.15, 0.2) is 41.2 Å². The Morgan fingerprint density at radius 1 is 1.36 bits per heavy atom. The summed E-state index contributed by atoms with van der Waals surface area (Å²) in [4.78, 5) is 16.6. The second-order valence-electron chi connectivity index (χ2n) is 10.4. The second-order valence-corrected chi connectivity index (χ2v) is 10.4. The van der Waals surface area contributed by atoms with Gasteiger partial charge in [-0.3, -0.25) is 9.69 Å². The number of hydrogen-bond donors (Lipinski definition) is 1. The number of nitrogens with zero attached hydrogens (tertiary/aromatic N) is 2. The Kier molecular flexibility index (Phi) is 5.42. The molecule has 1 N–H and O–H groups in total. The van der Waals surface area contributed by atoms with E-state index in [2.05, 4.69) is 0 Å². The minimum Gasteiger partial charge on any atom is -0.493 e. The number of halogens is 2. The number of likely N-dealkylation sites (tertiary alicyclic amines) is 1. The van der Waals surface area contributed by atoms with Crippen molar-refractivity contribution in [1.82, 2.24) is 9.80 Å². The van der Waals surface area contributed by atoms with E-state index in [1.807, 2.05) is 12.1 Å². The smallest absolute Gasteiger partial charge is 0.251 e. The summed E-state index contributed by atoms with van der Waals surface area (Å²) in [6.07, 6.45) is 5.14. The second kappa shape index (κ2) is 8.31. The SMILES string of the molecule is COc1ccc2c3c1O[C@H]1[C@H](N(C)C(=O)/C=C/c4ccoc4)CC[C@@]4(O)[C@@H](C2)N(CC(F)F)CC[C@]314. The van der Waals surface area contributed by atoms with Crippen molar-refractivity contribution in [3.05, 3.63) is 53.5 Å². The lowest BCUT2D eigenvalue weighted by Crippen LogP contribution is -2.78. The van der Waals surface area contributed by atoms with E-state index < -0.39 is 29.6 Å². The molecule has 7 nitrogen and oxygen atoms in total. The van der Waals surface area contributed by atoms with Crippen LogP contribution in [0, 0.1) is 0 Å². The molecule has 2 aliphatic heterocycles. The molecule has 2 aromatic rings. The highest BCUT2D eigenvalue weighted by Gasteiger charge is 2.73. The molecule has 2 fully saturated rings. The average Bonchev–Trinajstić information content (AvgIpc) is 3.49. The van der Waals surface area contributed by atoms with E-state index in [0.717, 1.165) is 16.7 Å². The molecule has 9 heteroatoms. The third-order valence-electron chi connectivity index (χ3n) is 8.93. The number of amides is 1. The maximum atomic E-state index is 13.5. The molecule has 1 spiro atoms. The van der Waals surface area contributed by atoms with Crippen molar-refractivity contribution in [2.45, 2.75) is 61.3 Å². The normalized spacial score (nSPS) is 32.4. The van der Waals surface area contributed by atoms with Gasteiger partial charge in [0.1, 0.15) is 6.10 Å². The van der Waals surface area contributed by atoms with E-state index in [0.29, 0.717) is 43.7 Å². The van der Waals surface area contributed by atoms with Gasteiger partial charge in [0.15, 0.2) is 11.5 Å². The van der Waals surface area contributed by atoms with Gasteiger partial charge in [-0.2, -0.15) is 0 Å². The molecule has 5 atom stereocenters. The number of benzene rings is 1. The quantitative estimate of drug-likeness (QED) is 0.614. The first-order chi connectivity index (χ1) is 17.3. The van der Waals surface area contributed by atoms with Crippen LogP contribution < -0.4 is 9.47 Å². The van der Waals surface area contributed by atoms with E-state index in [-0.39, 0.29) is 18.5 Å². The van der Waals surface area contributed by atoms with Gasteiger partial charge in [-0.05, 0) is 56.0 Å². The summed E-state index contributed by atoms with van der Waals surface area (Å²) in [6.45, 7) is 0.0611. The molecule has 6 rings (SSSR count). The topological polar surface area (TPSA) is 75.4 Å². The zero-order valence-corrected chi connectivity index (χ0v) is 20.3. The number of furan rings is 1. The molecule has 1 aromatic heterocycles. The van der Waals surface area contributed by atoms with E-state index >= 15 is 0 Å². The van der Waals surface area contributed by atoms with E-state index in [4.69, 9.17) is 13.9 Å². The van der Waals surface area contributed by atoms with Crippen molar-refractivity contribution in [1.29, 1.82) is 0 Å². The Morgan fingerprint density at radius 2 is 2.19 bits per heavy atom. The van der Waals surface area contributed by atoms with Gasteiger partial charge in [0.2, 0.25) is 5.91 Å². The molecule has 2 bridgehead atoms. The fraction of sp³-hybridized carbons (Fsp3) is 0.519. The number of alkyl halides is 2. The number of hydrogen-bond acceptors (Lipinski definition) is 6. The molecule has 1 aromatic carbocycles. The third kappa shape index (κ3) is 3.11. The van der Waals surface area contributed by atoms with E-state index in [1.54, 1.807) is 48.6 Å². The monoisotopic (exact) mass is 500 g/mol. The van der Waals surface area contributed by atoms with Crippen LogP contribution in [0.4, 0.5) is 8.78 Å². The summed E-state index contributed by atoms with van der Waals surface area (Å²) in [5.41, 5.74) is 0.661. The zero-order chi connectivity index (χ0) is 25.2. The number of carbonyl (C=O) groups excluding carboxylic acids is 1. The van der Waals surface area contributed by atoms with Gasteiger partial charge in [-0.15, -0.1) is 0 Å². The van der Waals surface area contributed by atoms with Crippen LogP contribution in [0.5, 0.6) is 11.5 Å². The van der Waals surface area contributed by atoms with Crippen molar-refractivity contribution in [3.8, 4) is 11.5 Å². The van der Waals surface area contributed by atoms with Gasteiger partial charge in [-0.1, -0.05) is 6.07 Å². The molecule has 1 amide bonds. The summed E-state index contributed by atoms with van der Waals surface area (Å²) >= 11 is 0. The maximum absolute atomic E-state index is 13.5. The van der Waals surface area contributed by atoms with Crippen LogP contribution in [0.3, 0.4) is 0 Å². The molecule has 3 heterocycles. The first kappa shape index (κ1) is 23.5. The van der Waals surface area contributed by atoms with Crippen LogP contribution >= 0.6 is 0 Å². The Hall–Kier alpha value is -2.91. The van der Waals surface area contributed by atoms with Crippen LogP contribution in [0.1, 0.15) is 36.0 Å². The molecule has 1 saturated heterocycles. The number of carbonyl (C=O) groups is 1.